The molecule has 0 spiro atoms. The third-order valence-corrected chi connectivity index (χ3v) is 3.90. The minimum atomic E-state index is -0.359. The van der Waals surface area contributed by atoms with E-state index in [0.717, 1.165) is 16.7 Å². The fraction of sp³-hybridized carbons (Fsp3) is 0.111. The average Bonchev–Trinajstić information content (AvgIpc) is 3.16. The Hall–Kier alpha value is -3.12. The summed E-state index contributed by atoms with van der Waals surface area (Å²) < 4.78 is 0. The molecule has 1 aromatic heterocycles. The first-order chi connectivity index (χ1) is 11.6. The van der Waals surface area contributed by atoms with Crippen molar-refractivity contribution < 1.29 is 4.79 Å². The van der Waals surface area contributed by atoms with E-state index < -0.39 is 0 Å². The van der Waals surface area contributed by atoms with Gasteiger partial charge in [-0.2, -0.15) is 5.10 Å². The van der Waals surface area contributed by atoms with Crippen LogP contribution in [0.1, 0.15) is 18.5 Å². The summed E-state index contributed by atoms with van der Waals surface area (Å²) in [6, 6.07) is 16.6. The number of aromatic nitrogens is 2. The van der Waals surface area contributed by atoms with Gasteiger partial charge in [-0.3, -0.25) is 10.1 Å². The minimum Gasteiger partial charge on any atom is -0.307 e. The van der Waals surface area contributed by atoms with Crippen molar-refractivity contribution in [3.63, 3.8) is 0 Å². The van der Waals surface area contributed by atoms with E-state index >= 15 is 0 Å². The topological polar surface area (TPSA) is 87.0 Å². The molecule has 0 aliphatic rings. The van der Waals surface area contributed by atoms with Crippen molar-refractivity contribution in [1.29, 1.82) is 0 Å². The predicted octanol–water partition coefficient (Wildman–Crippen LogP) is 3.55. The van der Waals surface area contributed by atoms with E-state index in [1.54, 1.807) is 6.20 Å². The summed E-state index contributed by atoms with van der Waals surface area (Å²) in [5.74, 6) is 5.96. The van der Waals surface area contributed by atoms with Gasteiger partial charge in [-0.15, -0.1) is 0 Å². The molecule has 24 heavy (non-hydrogen) atoms. The van der Waals surface area contributed by atoms with Gasteiger partial charge in [-0.05, 0) is 30.2 Å². The maximum absolute atomic E-state index is 12.3. The van der Waals surface area contributed by atoms with Crippen LogP contribution in [0.4, 0.5) is 10.5 Å². The maximum atomic E-state index is 12.3. The fourth-order valence-electron chi connectivity index (χ4n) is 2.41. The van der Waals surface area contributed by atoms with Crippen LogP contribution in [-0.4, -0.2) is 21.2 Å². The maximum Gasteiger partial charge on any atom is 0.336 e. The first-order valence-corrected chi connectivity index (χ1v) is 7.64. The Morgan fingerprint density at radius 3 is 2.46 bits per heavy atom. The number of carbonyl (C=O) groups excluding carboxylic acids is 1. The molecule has 122 valence electrons. The number of nitrogens with two attached hydrogens (primary N) is 1. The first-order valence-electron chi connectivity index (χ1n) is 7.64. The zero-order valence-corrected chi connectivity index (χ0v) is 13.3. The summed E-state index contributed by atoms with van der Waals surface area (Å²) in [5.41, 5.74) is 3.67. The zero-order valence-electron chi connectivity index (χ0n) is 13.3. The second kappa shape index (κ2) is 6.97. The Kier molecular flexibility index (Phi) is 4.58. The summed E-state index contributed by atoms with van der Waals surface area (Å²) in [6.45, 7) is 1.89. The molecular formula is C18H19N5O. The van der Waals surface area contributed by atoms with E-state index in [2.05, 4.69) is 15.5 Å². The van der Waals surface area contributed by atoms with Crippen molar-refractivity contribution >= 4 is 11.7 Å². The third kappa shape index (κ3) is 3.44. The van der Waals surface area contributed by atoms with Crippen LogP contribution in [0.5, 0.6) is 0 Å². The lowest BCUT2D eigenvalue weighted by molar-refractivity contribution is 0.194. The van der Waals surface area contributed by atoms with Crippen LogP contribution in [0.3, 0.4) is 0 Å². The van der Waals surface area contributed by atoms with Crippen molar-refractivity contribution in [2.24, 2.45) is 5.84 Å². The molecule has 0 fully saturated rings. The summed E-state index contributed by atoms with van der Waals surface area (Å²) in [4.78, 5) is 12.3. The van der Waals surface area contributed by atoms with Crippen LogP contribution < -0.4 is 11.2 Å². The van der Waals surface area contributed by atoms with Crippen LogP contribution in [0, 0.1) is 0 Å². The van der Waals surface area contributed by atoms with E-state index in [4.69, 9.17) is 5.84 Å². The Balaban J connectivity index is 1.66. The lowest BCUT2D eigenvalue weighted by atomic mass is 10.1. The van der Waals surface area contributed by atoms with Gasteiger partial charge in [0.05, 0.1) is 12.2 Å². The van der Waals surface area contributed by atoms with Gasteiger partial charge in [0.2, 0.25) is 0 Å². The van der Waals surface area contributed by atoms with E-state index in [0.29, 0.717) is 5.69 Å². The molecule has 0 aliphatic carbocycles. The molecule has 2 aromatic carbocycles. The number of H-pyrrole nitrogens is 1. The monoisotopic (exact) mass is 321 g/mol. The van der Waals surface area contributed by atoms with Crippen LogP contribution >= 0.6 is 0 Å². The number of benzene rings is 2. The molecule has 0 bridgehead atoms. The number of hydrazine groups is 1. The smallest absolute Gasteiger partial charge is 0.307 e. The lowest BCUT2D eigenvalue weighted by Crippen LogP contribution is -2.42. The van der Waals surface area contributed by atoms with Crippen LogP contribution in [0.25, 0.3) is 11.1 Å². The van der Waals surface area contributed by atoms with Crippen LogP contribution in [0.2, 0.25) is 0 Å². The zero-order chi connectivity index (χ0) is 16.9. The second-order valence-electron chi connectivity index (χ2n) is 5.49. The molecule has 2 amide bonds. The first kappa shape index (κ1) is 15.8. The van der Waals surface area contributed by atoms with Gasteiger partial charge in [0.15, 0.2) is 0 Å². The second-order valence-corrected chi connectivity index (χ2v) is 5.49. The summed E-state index contributed by atoms with van der Waals surface area (Å²) in [7, 11) is 0. The number of nitrogens with zero attached hydrogens (tertiary/aromatic N) is 2. The third-order valence-electron chi connectivity index (χ3n) is 3.90. The van der Waals surface area contributed by atoms with Crippen LogP contribution in [-0.2, 0) is 0 Å². The Bertz CT molecular complexity index is 784. The highest BCUT2D eigenvalue weighted by molar-refractivity contribution is 5.89. The van der Waals surface area contributed by atoms with E-state index in [1.807, 2.05) is 67.7 Å². The standard InChI is InChI=1S/C18H19N5O/c1-13(14-5-3-2-4-6-14)23(19)18(24)22-17-9-7-15(8-10-17)16-11-20-21-12-16/h2-13H,19H2,1H3,(H,20,21)(H,22,24). The molecule has 0 radical (unpaired) electrons. The van der Waals surface area contributed by atoms with Gasteiger partial charge in [-0.25, -0.2) is 10.6 Å². The van der Waals surface area contributed by atoms with Gasteiger partial charge < -0.3 is 5.32 Å². The highest BCUT2D eigenvalue weighted by Gasteiger charge is 2.18. The normalized spacial score (nSPS) is 11.8. The number of amides is 2. The van der Waals surface area contributed by atoms with Crippen molar-refractivity contribution in [1.82, 2.24) is 15.2 Å². The largest absolute Gasteiger partial charge is 0.336 e. The molecule has 1 unspecified atom stereocenters. The lowest BCUT2D eigenvalue weighted by Gasteiger charge is -2.24. The molecule has 1 heterocycles. The molecule has 1 atom stereocenters. The number of hydrogen-bond acceptors (Lipinski definition) is 3. The van der Waals surface area contributed by atoms with Crippen molar-refractivity contribution in [2.45, 2.75) is 13.0 Å². The Labute approximate surface area is 140 Å². The fourth-order valence-corrected chi connectivity index (χ4v) is 2.41. The summed E-state index contributed by atoms with van der Waals surface area (Å²) in [6.07, 6.45) is 3.56. The number of hydrogen-bond donors (Lipinski definition) is 3. The van der Waals surface area contributed by atoms with E-state index in [9.17, 15) is 4.79 Å². The number of carbonyl (C=O) groups is 1. The van der Waals surface area contributed by atoms with Crippen molar-refractivity contribution in [3.05, 3.63) is 72.6 Å². The van der Waals surface area contributed by atoms with E-state index in [-0.39, 0.29) is 12.1 Å². The highest BCUT2D eigenvalue weighted by atomic mass is 16.2. The summed E-state index contributed by atoms with van der Waals surface area (Å²) in [5, 5.41) is 10.7. The number of urea groups is 1. The van der Waals surface area contributed by atoms with E-state index in [1.165, 1.54) is 5.01 Å². The molecule has 0 aliphatic heterocycles. The number of aromatic amines is 1. The average molecular weight is 321 g/mol. The van der Waals surface area contributed by atoms with Gasteiger partial charge in [0.25, 0.3) is 0 Å². The molecule has 0 saturated heterocycles. The highest BCUT2D eigenvalue weighted by Crippen LogP contribution is 2.21. The van der Waals surface area contributed by atoms with Crippen LogP contribution in [0.15, 0.2) is 67.0 Å². The van der Waals surface area contributed by atoms with Gasteiger partial charge in [-0.1, -0.05) is 42.5 Å². The van der Waals surface area contributed by atoms with Gasteiger partial charge in [0, 0.05) is 17.4 Å². The quantitative estimate of drug-likeness (QED) is 0.390. The Morgan fingerprint density at radius 2 is 1.83 bits per heavy atom. The predicted molar refractivity (Wildman–Crippen MR) is 93.9 cm³/mol. The van der Waals surface area contributed by atoms with Gasteiger partial charge >= 0.3 is 6.03 Å². The molecular weight excluding hydrogens is 302 g/mol. The number of nitrogens with one attached hydrogen (secondary N) is 2. The molecule has 3 aromatic rings. The molecule has 6 heteroatoms. The van der Waals surface area contributed by atoms with Crippen molar-refractivity contribution in [3.8, 4) is 11.1 Å². The number of rotatable bonds is 4. The van der Waals surface area contributed by atoms with Gasteiger partial charge in [0.1, 0.15) is 0 Å². The van der Waals surface area contributed by atoms with Crippen molar-refractivity contribution in [2.75, 3.05) is 5.32 Å². The SMILES string of the molecule is CC(c1ccccc1)N(N)C(=O)Nc1ccc(-c2cn[nH]c2)cc1. The summed E-state index contributed by atoms with van der Waals surface area (Å²) >= 11 is 0. The minimum absolute atomic E-state index is 0.226. The Morgan fingerprint density at radius 1 is 1.12 bits per heavy atom. The molecule has 6 nitrogen and oxygen atoms in total. The number of anilines is 1. The molecule has 3 rings (SSSR count). The molecule has 0 saturated carbocycles. The molecule has 4 N–H and O–H groups in total.